The Labute approximate surface area is 130 Å². The molecule has 1 heterocycles. The molecule has 0 saturated carbocycles. The first-order chi connectivity index (χ1) is 9.78. The minimum absolute atomic E-state index is 0.551. The van der Waals surface area contributed by atoms with Gasteiger partial charge in [0, 0.05) is 27.5 Å². The molecule has 100 valence electrons. The number of halogens is 1. The first-order valence-electron chi connectivity index (χ1n) is 6.28. The molecule has 0 aliphatic heterocycles. The van der Waals surface area contributed by atoms with Crippen molar-refractivity contribution in [1.82, 2.24) is 4.98 Å². The fraction of sp³-hybridized carbons (Fsp3) is 0.0625. The van der Waals surface area contributed by atoms with Crippen LogP contribution in [0.3, 0.4) is 0 Å². The number of nitrogens with two attached hydrogens (primary N) is 1. The smallest absolute Gasteiger partial charge is 0.125 e. The van der Waals surface area contributed by atoms with Gasteiger partial charge < -0.3 is 5.73 Å². The van der Waals surface area contributed by atoms with Crippen LogP contribution < -0.4 is 5.73 Å². The minimum atomic E-state index is 0.551. The molecule has 2 N–H and O–H groups in total. The first-order valence-corrected chi connectivity index (χ1v) is 7.95. The summed E-state index contributed by atoms with van der Waals surface area (Å²) < 4.78 is 1.07. The van der Waals surface area contributed by atoms with Crippen LogP contribution in [-0.4, -0.2) is 4.98 Å². The molecule has 4 heteroatoms. The Hall–Kier alpha value is -1.49. The van der Waals surface area contributed by atoms with Gasteiger partial charge in [-0.3, -0.25) is 0 Å². The molecule has 0 aliphatic carbocycles. The highest BCUT2D eigenvalue weighted by Gasteiger charge is 2.09. The van der Waals surface area contributed by atoms with Crippen LogP contribution in [0.1, 0.15) is 5.56 Å². The summed E-state index contributed by atoms with van der Waals surface area (Å²) in [5.74, 6) is 0. The zero-order valence-corrected chi connectivity index (χ0v) is 13.1. The maximum absolute atomic E-state index is 5.69. The van der Waals surface area contributed by atoms with Crippen molar-refractivity contribution in [2.75, 3.05) is 0 Å². The third-order valence-corrected chi connectivity index (χ3v) is 4.63. The third kappa shape index (κ3) is 2.68. The minimum Gasteiger partial charge on any atom is -0.326 e. The largest absolute Gasteiger partial charge is 0.326 e. The van der Waals surface area contributed by atoms with E-state index in [0.29, 0.717) is 6.54 Å². The maximum atomic E-state index is 5.69. The van der Waals surface area contributed by atoms with Crippen molar-refractivity contribution in [3.05, 3.63) is 63.9 Å². The average Bonchev–Trinajstić information content (AvgIpc) is 2.97. The Bertz CT molecular complexity index is 737. The second kappa shape index (κ2) is 5.87. The summed E-state index contributed by atoms with van der Waals surface area (Å²) in [6.45, 7) is 0.551. The van der Waals surface area contributed by atoms with E-state index in [1.54, 1.807) is 11.3 Å². The summed E-state index contributed by atoms with van der Waals surface area (Å²) in [5.41, 5.74) is 10.0. The summed E-state index contributed by atoms with van der Waals surface area (Å²) in [7, 11) is 0. The highest BCUT2D eigenvalue weighted by molar-refractivity contribution is 9.10. The van der Waals surface area contributed by atoms with E-state index in [1.807, 2.05) is 30.3 Å². The molecule has 1 aromatic heterocycles. The van der Waals surface area contributed by atoms with Crippen LogP contribution in [0.15, 0.2) is 58.4 Å². The third-order valence-electron chi connectivity index (χ3n) is 3.07. The zero-order chi connectivity index (χ0) is 13.9. The molecular formula is C16H13BrN2S. The molecule has 0 unspecified atom stereocenters. The Balaban J connectivity index is 2.00. The van der Waals surface area contributed by atoms with Crippen molar-refractivity contribution in [1.29, 1.82) is 0 Å². The summed E-state index contributed by atoms with van der Waals surface area (Å²) >= 11 is 5.22. The Morgan fingerprint density at radius 3 is 2.75 bits per heavy atom. The van der Waals surface area contributed by atoms with Crippen molar-refractivity contribution in [3.63, 3.8) is 0 Å². The van der Waals surface area contributed by atoms with E-state index >= 15 is 0 Å². The molecule has 0 aliphatic rings. The van der Waals surface area contributed by atoms with Crippen molar-refractivity contribution in [2.24, 2.45) is 5.73 Å². The van der Waals surface area contributed by atoms with Gasteiger partial charge in [-0.1, -0.05) is 52.3 Å². The predicted molar refractivity (Wildman–Crippen MR) is 88.6 cm³/mol. The fourth-order valence-corrected chi connectivity index (χ4v) is 3.49. The lowest BCUT2D eigenvalue weighted by molar-refractivity contribution is 1.07. The number of hydrogen-bond donors (Lipinski definition) is 1. The second-order valence-electron chi connectivity index (χ2n) is 4.42. The van der Waals surface area contributed by atoms with Crippen molar-refractivity contribution in [3.8, 4) is 21.8 Å². The maximum Gasteiger partial charge on any atom is 0.125 e. The van der Waals surface area contributed by atoms with Gasteiger partial charge in [0.25, 0.3) is 0 Å². The van der Waals surface area contributed by atoms with Crippen LogP contribution >= 0.6 is 27.3 Å². The Kier molecular flexibility index (Phi) is 3.96. The van der Waals surface area contributed by atoms with Crippen molar-refractivity contribution in [2.45, 2.75) is 6.54 Å². The monoisotopic (exact) mass is 344 g/mol. The summed E-state index contributed by atoms with van der Waals surface area (Å²) in [6.07, 6.45) is 0. The second-order valence-corrected chi connectivity index (χ2v) is 6.13. The molecule has 3 rings (SSSR count). The van der Waals surface area contributed by atoms with Crippen LogP contribution in [-0.2, 0) is 6.54 Å². The molecule has 0 spiro atoms. The quantitative estimate of drug-likeness (QED) is 0.747. The summed E-state index contributed by atoms with van der Waals surface area (Å²) in [4.78, 5) is 4.73. The van der Waals surface area contributed by atoms with Crippen molar-refractivity contribution < 1.29 is 0 Å². The average molecular weight is 345 g/mol. The van der Waals surface area contributed by atoms with Gasteiger partial charge >= 0.3 is 0 Å². The summed E-state index contributed by atoms with van der Waals surface area (Å²) in [5, 5.41) is 3.11. The predicted octanol–water partition coefficient (Wildman–Crippen LogP) is 4.70. The van der Waals surface area contributed by atoms with Gasteiger partial charge in [-0.2, -0.15) is 0 Å². The van der Waals surface area contributed by atoms with Gasteiger partial charge in [-0.05, 0) is 17.7 Å². The molecule has 0 saturated heterocycles. The molecule has 20 heavy (non-hydrogen) atoms. The topological polar surface area (TPSA) is 38.9 Å². The molecule has 0 atom stereocenters. The number of aromatic nitrogens is 1. The van der Waals surface area contributed by atoms with Gasteiger partial charge in [0.2, 0.25) is 0 Å². The molecule has 0 amide bonds. The number of hydrogen-bond acceptors (Lipinski definition) is 3. The van der Waals surface area contributed by atoms with Crippen LogP contribution in [0.4, 0.5) is 0 Å². The van der Waals surface area contributed by atoms with E-state index in [9.17, 15) is 0 Å². The number of nitrogens with zero attached hydrogens (tertiary/aromatic N) is 1. The first kappa shape index (κ1) is 13.5. The van der Waals surface area contributed by atoms with E-state index in [-0.39, 0.29) is 0 Å². The molecule has 0 radical (unpaired) electrons. The lowest BCUT2D eigenvalue weighted by atomic mass is 10.1. The highest BCUT2D eigenvalue weighted by atomic mass is 79.9. The number of thiazole rings is 1. The van der Waals surface area contributed by atoms with E-state index < -0.39 is 0 Å². The molecule has 0 fully saturated rings. The van der Waals surface area contributed by atoms with Gasteiger partial charge in [-0.15, -0.1) is 11.3 Å². The van der Waals surface area contributed by atoms with Gasteiger partial charge in [0.05, 0.1) is 5.69 Å². The Morgan fingerprint density at radius 2 is 1.95 bits per heavy atom. The molecule has 0 bridgehead atoms. The van der Waals surface area contributed by atoms with E-state index in [1.165, 1.54) is 0 Å². The molecular weight excluding hydrogens is 332 g/mol. The standard InChI is InChI=1S/C16H13BrN2S/c17-14-7-2-1-6-13(14)16-19-15(10-20-16)12-5-3-4-11(8-12)9-18/h1-8,10H,9,18H2. The van der Waals surface area contributed by atoms with Crippen LogP contribution in [0.2, 0.25) is 0 Å². The summed E-state index contributed by atoms with van der Waals surface area (Å²) in [6, 6.07) is 16.4. The van der Waals surface area contributed by atoms with Gasteiger partial charge in [0.1, 0.15) is 5.01 Å². The van der Waals surface area contributed by atoms with Gasteiger partial charge in [-0.25, -0.2) is 4.98 Å². The van der Waals surface area contributed by atoms with Crippen LogP contribution in [0, 0.1) is 0 Å². The Morgan fingerprint density at radius 1 is 1.10 bits per heavy atom. The molecule has 3 aromatic rings. The van der Waals surface area contributed by atoms with Gasteiger partial charge in [0.15, 0.2) is 0 Å². The fourth-order valence-electron chi connectivity index (χ4n) is 2.02. The highest BCUT2D eigenvalue weighted by Crippen LogP contribution is 2.33. The van der Waals surface area contributed by atoms with Crippen molar-refractivity contribution >= 4 is 27.3 Å². The number of benzene rings is 2. The molecule has 2 nitrogen and oxygen atoms in total. The van der Waals surface area contributed by atoms with E-state index in [0.717, 1.165) is 31.9 Å². The number of rotatable bonds is 3. The lowest BCUT2D eigenvalue weighted by Gasteiger charge is -2.01. The van der Waals surface area contributed by atoms with Crippen LogP contribution in [0.5, 0.6) is 0 Å². The lowest BCUT2D eigenvalue weighted by Crippen LogP contribution is -1.95. The van der Waals surface area contributed by atoms with E-state index in [4.69, 9.17) is 10.7 Å². The van der Waals surface area contributed by atoms with E-state index in [2.05, 4.69) is 39.5 Å². The normalized spacial score (nSPS) is 10.7. The SMILES string of the molecule is NCc1cccc(-c2csc(-c3ccccc3Br)n2)c1. The molecule has 2 aromatic carbocycles. The van der Waals surface area contributed by atoms with Crippen LogP contribution in [0.25, 0.3) is 21.8 Å². The zero-order valence-electron chi connectivity index (χ0n) is 10.7.